The van der Waals surface area contributed by atoms with Crippen molar-refractivity contribution in [3.05, 3.63) is 41.5 Å². The number of nitrogens with one attached hydrogen (secondary N) is 1. The molecule has 0 fully saturated rings. The van der Waals surface area contributed by atoms with Gasteiger partial charge in [0.05, 0.1) is 25.4 Å². The number of ether oxygens (including phenoxy) is 2. The Hall–Kier alpha value is -1.36. The maximum atomic E-state index is 10.2. The molecule has 1 atom stereocenters. The van der Waals surface area contributed by atoms with E-state index < -0.39 is 6.10 Å². The second-order valence-corrected chi connectivity index (χ2v) is 5.59. The van der Waals surface area contributed by atoms with E-state index in [1.165, 1.54) is 5.57 Å². The zero-order valence-corrected chi connectivity index (χ0v) is 12.8. The molecule has 1 heterocycles. The summed E-state index contributed by atoms with van der Waals surface area (Å²) in [5.74, 6) is 0.796. The van der Waals surface area contributed by atoms with E-state index in [1.807, 2.05) is 38.1 Å². The van der Waals surface area contributed by atoms with Gasteiger partial charge in [-0.3, -0.25) is 0 Å². The monoisotopic (exact) mass is 291 g/mol. The highest BCUT2D eigenvalue weighted by atomic mass is 16.5. The molecule has 4 heteroatoms. The van der Waals surface area contributed by atoms with Crippen molar-refractivity contribution in [2.75, 3.05) is 26.3 Å². The van der Waals surface area contributed by atoms with E-state index in [0.717, 1.165) is 30.9 Å². The molecule has 2 N–H and O–H groups in total. The lowest BCUT2D eigenvalue weighted by atomic mass is 10.1. The summed E-state index contributed by atoms with van der Waals surface area (Å²) in [6.45, 7) is 6.77. The molecular weight excluding hydrogens is 266 g/mol. The van der Waals surface area contributed by atoms with Crippen LogP contribution >= 0.6 is 0 Å². The van der Waals surface area contributed by atoms with Gasteiger partial charge in [-0.05, 0) is 43.5 Å². The molecule has 1 aliphatic rings. The Morgan fingerprint density at radius 3 is 2.95 bits per heavy atom. The fourth-order valence-electron chi connectivity index (χ4n) is 2.29. The van der Waals surface area contributed by atoms with Gasteiger partial charge in [0, 0.05) is 13.1 Å². The summed E-state index contributed by atoms with van der Waals surface area (Å²) < 4.78 is 11.0. The molecule has 0 aromatic heterocycles. The highest BCUT2D eigenvalue weighted by Crippen LogP contribution is 2.20. The molecule has 1 aromatic carbocycles. The predicted molar refractivity (Wildman–Crippen MR) is 83.6 cm³/mol. The van der Waals surface area contributed by atoms with Crippen molar-refractivity contribution in [3.63, 3.8) is 0 Å². The number of aliphatic hydroxyl groups excluding tert-OH is 1. The number of hydrogen-bond acceptors (Lipinski definition) is 4. The molecule has 1 unspecified atom stereocenters. The molecule has 0 saturated carbocycles. The van der Waals surface area contributed by atoms with Crippen molar-refractivity contribution >= 4 is 0 Å². The third-order valence-electron chi connectivity index (χ3n) is 3.29. The summed E-state index contributed by atoms with van der Waals surface area (Å²) in [5, 5.41) is 13.5. The predicted octanol–water partition coefficient (Wildman–Crippen LogP) is 2.44. The van der Waals surface area contributed by atoms with Gasteiger partial charge in [-0.25, -0.2) is 0 Å². The van der Waals surface area contributed by atoms with Gasteiger partial charge in [0.15, 0.2) is 0 Å². The smallest absolute Gasteiger partial charge is 0.120 e. The van der Waals surface area contributed by atoms with Crippen molar-refractivity contribution in [2.45, 2.75) is 32.5 Å². The lowest BCUT2D eigenvalue weighted by Crippen LogP contribution is -2.26. The van der Waals surface area contributed by atoms with Gasteiger partial charge in [0.1, 0.15) is 5.75 Å². The fraction of sp³-hybridized carbons (Fsp3) is 0.529. The Labute approximate surface area is 126 Å². The quantitative estimate of drug-likeness (QED) is 0.758. The molecule has 0 bridgehead atoms. The average molecular weight is 291 g/mol. The van der Waals surface area contributed by atoms with Crippen LogP contribution in [0, 0.1) is 0 Å². The number of benzene rings is 1. The number of aliphatic hydroxyl groups is 1. The molecule has 21 heavy (non-hydrogen) atoms. The lowest BCUT2D eigenvalue weighted by molar-refractivity contribution is 0.146. The Kier molecular flexibility index (Phi) is 6.23. The van der Waals surface area contributed by atoms with Crippen LogP contribution in [-0.2, 0) is 4.74 Å². The number of rotatable bonds is 7. The van der Waals surface area contributed by atoms with Crippen LogP contribution < -0.4 is 10.1 Å². The van der Waals surface area contributed by atoms with E-state index in [9.17, 15) is 5.11 Å². The zero-order chi connectivity index (χ0) is 15.1. The normalized spacial score (nSPS) is 16.7. The first-order valence-corrected chi connectivity index (χ1v) is 7.56. The Balaban J connectivity index is 1.82. The first-order chi connectivity index (χ1) is 10.1. The van der Waals surface area contributed by atoms with Crippen LogP contribution in [0.4, 0.5) is 0 Å². The molecule has 4 nitrogen and oxygen atoms in total. The van der Waals surface area contributed by atoms with Crippen molar-refractivity contribution in [3.8, 4) is 5.75 Å². The summed E-state index contributed by atoms with van der Waals surface area (Å²) >= 11 is 0. The Bertz CT molecular complexity index is 471. The Morgan fingerprint density at radius 1 is 1.38 bits per heavy atom. The second-order valence-electron chi connectivity index (χ2n) is 5.59. The third kappa shape index (κ3) is 5.50. The molecule has 0 aliphatic carbocycles. The molecular formula is C17H25NO3. The standard InChI is InChI=1S/C17H25NO3/c1-13(2)21-16-7-3-6-15(9-16)17(19)11-18-10-14-5-4-8-20-12-14/h3,5-7,9,13,17-19H,4,8,10-12H2,1-2H3. The molecule has 116 valence electrons. The summed E-state index contributed by atoms with van der Waals surface area (Å²) in [6.07, 6.45) is 2.79. The molecule has 0 amide bonds. The van der Waals surface area contributed by atoms with Crippen LogP contribution in [0.15, 0.2) is 35.9 Å². The van der Waals surface area contributed by atoms with Gasteiger partial charge in [0.25, 0.3) is 0 Å². The summed E-state index contributed by atoms with van der Waals surface area (Å²) in [4.78, 5) is 0. The average Bonchev–Trinajstić information content (AvgIpc) is 2.48. The van der Waals surface area contributed by atoms with Gasteiger partial charge in [-0.15, -0.1) is 0 Å². The van der Waals surface area contributed by atoms with E-state index in [1.54, 1.807) is 0 Å². The topological polar surface area (TPSA) is 50.7 Å². The van der Waals surface area contributed by atoms with Gasteiger partial charge in [0.2, 0.25) is 0 Å². The van der Waals surface area contributed by atoms with Crippen LogP contribution in [0.1, 0.15) is 31.9 Å². The minimum atomic E-state index is -0.536. The lowest BCUT2D eigenvalue weighted by Gasteiger charge is -2.17. The van der Waals surface area contributed by atoms with E-state index >= 15 is 0 Å². The molecule has 2 rings (SSSR count). The van der Waals surface area contributed by atoms with Crippen molar-refractivity contribution in [1.29, 1.82) is 0 Å². The van der Waals surface area contributed by atoms with Gasteiger partial charge in [-0.1, -0.05) is 18.2 Å². The first-order valence-electron chi connectivity index (χ1n) is 7.56. The second kappa shape index (κ2) is 8.17. The van der Waals surface area contributed by atoms with E-state index in [4.69, 9.17) is 9.47 Å². The van der Waals surface area contributed by atoms with Gasteiger partial charge < -0.3 is 19.9 Å². The maximum Gasteiger partial charge on any atom is 0.120 e. The van der Waals surface area contributed by atoms with E-state index in [-0.39, 0.29) is 6.10 Å². The van der Waals surface area contributed by atoms with Gasteiger partial charge in [-0.2, -0.15) is 0 Å². The van der Waals surface area contributed by atoms with Crippen LogP contribution in [-0.4, -0.2) is 37.5 Å². The molecule has 0 spiro atoms. The summed E-state index contributed by atoms with van der Waals surface area (Å²) in [7, 11) is 0. The van der Waals surface area contributed by atoms with E-state index in [0.29, 0.717) is 13.2 Å². The highest BCUT2D eigenvalue weighted by Gasteiger charge is 2.10. The maximum absolute atomic E-state index is 10.2. The highest BCUT2D eigenvalue weighted by molar-refractivity contribution is 5.30. The van der Waals surface area contributed by atoms with Crippen LogP contribution in [0.3, 0.4) is 0 Å². The van der Waals surface area contributed by atoms with Crippen LogP contribution in [0.2, 0.25) is 0 Å². The van der Waals surface area contributed by atoms with Crippen molar-refractivity contribution in [2.24, 2.45) is 0 Å². The van der Waals surface area contributed by atoms with Gasteiger partial charge >= 0.3 is 0 Å². The van der Waals surface area contributed by atoms with Crippen LogP contribution in [0.5, 0.6) is 5.75 Å². The largest absolute Gasteiger partial charge is 0.491 e. The summed E-state index contributed by atoms with van der Waals surface area (Å²) in [5.41, 5.74) is 2.12. The molecule has 0 radical (unpaired) electrons. The molecule has 1 aliphatic heterocycles. The minimum Gasteiger partial charge on any atom is -0.491 e. The van der Waals surface area contributed by atoms with Crippen molar-refractivity contribution in [1.82, 2.24) is 5.32 Å². The van der Waals surface area contributed by atoms with Crippen molar-refractivity contribution < 1.29 is 14.6 Å². The fourth-order valence-corrected chi connectivity index (χ4v) is 2.29. The molecule has 1 aromatic rings. The summed E-state index contributed by atoms with van der Waals surface area (Å²) in [6, 6.07) is 7.64. The third-order valence-corrected chi connectivity index (χ3v) is 3.29. The number of hydrogen-bond donors (Lipinski definition) is 2. The van der Waals surface area contributed by atoms with E-state index in [2.05, 4.69) is 11.4 Å². The van der Waals surface area contributed by atoms with Crippen LogP contribution in [0.25, 0.3) is 0 Å². The first kappa shape index (κ1) is 16.0. The zero-order valence-electron chi connectivity index (χ0n) is 12.8. The minimum absolute atomic E-state index is 0.133. The molecule has 0 saturated heterocycles. The SMILES string of the molecule is CC(C)Oc1cccc(C(O)CNCC2=CCCOC2)c1. The Morgan fingerprint density at radius 2 is 2.24 bits per heavy atom.